The van der Waals surface area contributed by atoms with Crippen LogP contribution in [-0.2, 0) is 17.9 Å². The number of carbonyl (C=O) groups excluding carboxylic acids is 1. The van der Waals surface area contributed by atoms with Crippen molar-refractivity contribution in [3.05, 3.63) is 18.1 Å². The third-order valence-corrected chi connectivity index (χ3v) is 4.70. The van der Waals surface area contributed by atoms with Crippen LogP contribution in [0.15, 0.2) is 12.4 Å². The summed E-state index contributed by atoms with van der Waals surface area (Å²) in [7, 11) is 0. The molecular weight excluding hydrogens is 346 g/mol. The van der Waals surface area contributed by atoms with E-state index >= 15 is 0 Å². The minimum absolute atomic E-state index is 0.0696. The van der Waals surface area contributed by atoms with Crippen molar-refractivity contribution in [2.75, 3.05) is 16.4 Å². The molecule has 3 heterocycles. The number of nitrogen functional groups attached to an aromatic ring is 1. The molecule has 0 radical (unpaired) electrons. The van der Waals surface area contributed by atoms with Crippen LogP contribution in [0.2, 0.25) is 0 Å². The van der Waals surface area contributed by atoms with E-state index in [9.17, 15) is 4.79 Å². The summed E-state index contributed by atoms with van der Waals surface area (Å²) in [5.41, 5.74) is 7.87. The van der Waals surface area contributed by atoms with Gasteiger partial charge in [-0.2, -0.15) is 15.1 Å². The second kappa shape index (κ2) is 6.53. The van der Waals surface area contributed by atoms with Crippen molar-refractivity contribution in [1.82, 2.24) is 29.3 Å². The summed E-state index contributed by atoms with van der Waals surface area (Å²) in [5, 5.41) is 10.6. The molecule has 10 nitrogen and oxygen atoms in total. The number of amides is 1. The Bertz CT molecular complexity index is 1010. The van der Waals surface area contributed by atoms with Crippen molar-refractivity contribution in [3.63, 3.8) is 0 Å². The van der Waals surface area contributed by atoms with Crippen molar-refractivity contribution in [3.8, 4) is 0 Å². The second-order valence-electron chi connectivity index (χ2n) is 6.97. The second-order valence-corrected chi connectivity index (χ2v) is 6.97. The van der Waals surface area contributed by atoms with Crippen LogP contribution in [0.5, 0.6) is 0 Å². The number of carbonyl (C=O) groups is 1. The van der Waals surface area contributed by atoms with E-state index in [0.29, 0.717) is 41.3 Å². The summed E-state index contributed by atoms with van der Waals surface area (Å²) in [6, 6.07) is 2.22. The van der Waals surface area contributed by atoms with Gasteiger partial charge >= 0.3 is 0 Å². The molecule has 0 aliphatic heterocycles. The van der Waals surface area contributed by atoms with E-state index < -0.39 is 0 Å². The standard InChI is InChI=1S/C17H23N9O/c1-4-26-12(6-10(3)24-26)21-13(27)7-25-8-19-14-15(20-11-5-9(11)2)22-17(18)23-16(14)25/h6,8-9,11H,4-5,7H2,1-3H3,(H,21,27)(H3,18,20,22,23). The largest absolute Gasteiger partial charge is 0.368 e. The molecule has 1 amide bonds. The first-order chi connectivity index (χ1) is 12.9. The van der Waals surface area contributed by atoms with E-state index in [-0.39, 0.29) is 18.4 Å². The number of nitrogens with one attached hydrogen (secondary N) is 2. The lowest BCUT2D eigenvalue weighted by atomic mass is 10.4. The molecule has 10 heteroatoms. The number of nitrogens with zero attached hydrogens (tertiary/aromatic N) is 6. The van der Waals surface area contributed by atoms with Gasteiger partial charge in [0.2, 0.25) is 11.9 Å². The van der Waals surface area contributed by atoms with Gasteiger partial charge in [0.15, 0.2) is 17.0 Å². The van der Waals surface area contributed by atoms with Gasteiger partial charge in [0, 0.05) is 18.7 Å². The number of anilines is 3. The Morgan fingerprint density at radius 2 is 2.19 bits per heavy atom. The predicted octanol–water partition coefficient (Wildman–Crippen LogP) is 1.39. The van der Waals surface area contributed by atoms with Crippen LogP contribution in [0.4, 0.5) is 17.6 Å². The lowest BCUT2D eigenvalue weighted by molar-refractivity contribution is -0.116. The number of imidazole rings is 1. The van der Waals surface area contributed by atoms with Gasteiger partial charge in [-0.1, -0.05) is 6.92 Å². The zero-order valence-electron chi connectivity index (χ0n) is 15.6. The fourth-order valence-electron chi connectivity index (χ4n) is 3.10. The molecule has 1 aliphatic rings. The third-order valence-electron chi connectivity index (χ3n) is 4.70. The number of hydrogen-bond acceptors (Lipinski definition) is 7. The Morgan fingerprint density at radius 3 is 2.89 bits per heavy atom. The monoisotopic (exact) mass is 369 g/mol. The molecule has 4 N–H and O–H groups in total. The number of nitrogens with two attached hydrogens (primary N) is 1. The number of rotatable bonds is 6. The number of hydrogen-bond donors (Lipinski definition) is 3. The van der Waals surface area contributed by atoms with Crippen LogP contribution in [0, 0.1) is 12.8 Å². The fourth-order valence-corrected chi connectivity index (χ4v) is 3.10. The summed E-state index contributed by atoms with van der Waals surface area (Å²) in [6.45, 7) is 6.78. The summed E-state index contributed by atoms with van der Waals surface area (Å²) < 4.78 is 3.42. The van der Waals surface area contributed by atoms with Gasteiger partial charge < -0.3 is 20.9 Å². The molecule has 142 valence electrons. The molecule has 0 bridgehead atoms. The Morgan fingerprint density at radius 1 is 1.41 bits per heavy atom. The Labute approximate surface area is 156 Å². The maximum atomic E-state index is 12.5. The molecule has 2 unspecified atom stereocenters. The van der Waals surface area contributed by atoms with E-state index in [1.54, 1.807) is 15.6 Å². The van der Waals surface area contributed by atoms with Crippen molar-refractivity contribution >= 4 is 34.7 Å². The first-order valence-electron chi connectivity index (χ1n) is 9.03. The van der Waals surface area contributed by atoms with Gasteiger partial charge in [-0.25, -0.2) is 9.67 Å². The lowest BCUT2D eigenvalue weighted by Gasteiger charge is -2.09. The topological polar surface area (TPSA) is 129 Å². The van der Waals surface area contributed by atoms with Crippen molar-refractivity contribution < 1.29 is 4.79 Å². The van der Waals surface area contributed by atoms with E-state index in [2.05, 4.69) is 37.6 Å². The molecule has 3 aromatic heterocycles. The van der Waals surface area contributed by atoms with E-state index in [0.717, 1.165) is 12.1 Å². The first-order valence-corrected chi connectivity index (χ1v) is 9.03. The lowest BCUT2D eigenvalue weighted by Crippen LogP contribution is -2.20. The molecule has 4 rings (SSSR count). The summed E-state index contributed by atoms with van der Waals surface area (Å²) >= 11 is 0. The average molecular weight is 369 g/mol. The molecule has 1 fully saturated rings. The molecular formula is C17H23N9O. The van der Waals surface area contributed by atoms with Crippen LogP contribution in [0.3, 0.4) is 0 Å². The minimum atomic E-state index is -0.189. The highest BCUT2D eigenvalue weighted by atomic mass is 16.2. The third kappa shape index (κ3) is 3.42. The Kier molecular flexibility index (Phi) is 4.17. The number of aryl methyl sites for hydroxylation is 2. The van der Waals surface area contributed by atoms with Crippen molar-refractivity contribution in [2.45, 2.75) is 46.3 Å². The molecule has 0 spiro atoms. The Balaban J connectivity index is 1.55. The first kappa shape index (κ1) is 17.3. The summed E-state index contributed by atoms with van der Waals surface area (Å²) in [5.74, 6) is 1.86. The predicted molar refractivity (Wildman–Crippen MR) is 102 cm³/mol. The molecule has 2 atom stereocenters. The van der Waals surface area contributed by atoms with Gasteiger partial charge in [-0.05, 0) is 26.2 Å². The SMILES string of the molecule is CCn1nc(C)cc1NC(=O)Cn1cnc2c(NC3CC3C)nc(N)nc21. The van der Waals surface area contributed by atoms with E-state index in [1.807, 2.05) is 19.9 Å². The zero-order chi connectivity index (χ0) is 19.1. The zero-order valence-corrected chi connectivity index (χ0v) is 15.6. The van der Waals surface area contributed by atoms with E-state index in [4.69, 9.17) is 5.73 Å². The van der Waals surface area contributed by atoms with Gasteiger partial charge in [0.1, 0.15) is 12.4 Å². The average Bonchev–Trinajstić information content (AvgIpc) is 2.99. The summed E-state index contributed by atoms with van der Waals surface area (Å²) in [4.78, 5) is 25.4. The molecule has 1 saturated carbocycles. The van der Waals surface area contributed by atoms with Crippen LogP contribution in [-0.4, -0.2) is 41.2 Å². The van der Waals surface area contributed by atoms with E-state index in [1.165, 1.54) is 0 Å². The molecule has 1 aliphatic carbocycles. The van der Waals surface area contributed by atoms with Gasteiger partial charge in [-0.3, -0.25) is 4.79 Å². The van der Waals surface area contributed by atoms with Crippen molar-refractivity contribution in [2.24, 2.45) is 5.92 Å². The highest BCUT2D eigenvalue weighted by molar-refractivity contribution is 5.91. The van der Waals surface area contributed by atoms with Crippen molar-refractivity contribution in [1.29, 1.82) is 0 Å². The highest BCUT2D eigenvalue weighted by Gasteiger charge is 2.33. The fraction of sp³-hybridized carbons (Fsp3) is 0.471. The summed E-state index contributed by atoms with van der Waals surface area (Å²) in [6.07, 6.45) is 2.68. The van der Waals surface area contributed by atoms with Gasteiger partial charge in [0.25, 0.3) is 0 Å². The van der Waals surface area contributed by atoms with Crippen LogP contribution in [0.1, 0.15) is 26.0 Å². The van der Waals surface area contributed by atoms with Crippen LogP contribution >= 0.6 is 0 Å². The highest BCUT2D eigenvalue weighted by Crippen LogP contribution is 2.33. The molecule has 3 aromatic rings. The number of fused-ring (bicyclic) bond motifs is 1. The maximum Gasteiger partial charge on any atom is 0.245 e. The van der Waals surface area contributed by atoms with Gasteiger partial charge in [0.05, 0.1) is 12.0 Å². The molecule has 0 saturated heterocycles. The molecule has 0 aromatic carbocycles. The normalized spacial score (nSPS) is 18.6. The smallest absolute Gasteiger partial charge is 0.245 e. The van der Waals surface area contributed by atoms with Crippen LogP contribution < -0.4 is 16.4 Å². The van der Waals surface area contributed by atoms with Crippen LogP contribution in [0.25, 0.3) is 11.2 Å². The number of aromatic nitrogens is 6. The minimum Gasteiger partial charge on any atom is -0.368 e. The van der Waals surface area contributed by atoms with Gasteiger partial charge in [-0.15, -0.1) is 0 Å². The maximum absolute atomic E-state index is 12.5. The molecule has 27 heavy (non-hydrogen) atoms. The quantitative estimate of drug-likeness (QED) is 0.599. The Hall–Kier alpha value is -3.17.